The van der Waals surface area contributed by atoms with Gasteiger partial charge < -0.3 is 9.32 Å². The van der Waals surface area contributed by atoms with Gasteiger partial charge in [0.15, 0.2) is 0 Å². The number of aryl methyl sites for hydroxylation is 1. The highest BCUT2D eigenvalue weighted by Gasteiger charge is 2.22. The minimum absolute atomic E-state index is 0.200. The SMILES string of the molecule is Cc1ccc2c(CC(=O)N3CCN(CCc4cccs4)CC3)coc2c1. The molecule has 1 aliphatic rings. The standard InChI is InChI=1S/C21H24N2O2S/c1-16-4-5-19-17(15-25-20(19)13-16)14-21(24)23-10-8-22(9-11-23)7-6-18-3-2-12-26-18/h2-5,12-13,15H,6-11,14H2,1H3. The smallest absolute Gasteiger partial charge is 0.227 e. The van der Waals surface area contributed by atoms with Crippen LogP contribution in [0.25, 0.3) is 11.0 Å². The molecule has 0 atom stereocenters. The van der Waals surface area contributed by atoms with E-state index < -0.39 is 0 Å². The Labute approximate surface area is 158 Å². The second-order valence-electron chi connectivity index (χ2n) is 6.99. The Morgan fingerprint density at radius 2 is 2.04 bits per heavy atom. The van der Waals surface area contributed by atoms with E-state index in [0.29, 0.717) is 6.42 Å². The van der Waals surface area contributed by atoms with Gasteiger partial charge in [-0.1, -0.05) is 18.2 Å². The van der Waals surface area contributed by atoms with E-state index in [9.17, 15) is 4.79 Å². The number of fused-ring (bicyclic) bond motifs is 1. The van der Waals surface area contributed by atoms with E-state index in [-0.39, 0.29) is 5.91 Å². The quantitative estimate of drug-likeness (QED) is 0.688. The van der Waals surface area contributed by atoms with Crippen LogP contribution >= 0.6 is 11.3 Å². The van der Waals surface area contributed by atoms with E-state index in [1.165, 1.54) is 10.4 Å². The number of hydrogen-bond acceptors (Lipinski definition) is 4. The van der Waals surface area contributed by atoms with Gasteiger partial charge in [0.05, 0.1) is 12.7 Å². The first kappa shape index (κ1) is 17.3. The molecule has 0 aliphatic carbocycles. The van der Waals surface area contributed by atoms with Crippen molar-refractivity contribution in [2.24, 2.45) is 0 Å². The number of hydrogen-bond donors (Lipinski definition) is 0. The fraction of sp³-hybridized carbons (Fsp3) is 0.381. The first-order valence-corrected chi connectivity index (χ1v) is 10.1. The number of carbonyl (C=O) groups excluding carboxylic acids is 1. The van der Waals surface area contributed by atoms with Gasteiger partial charge in [0.1, 0.15) is 5.58 Å². The summed E-state index contributed by atoms with van der Waals surface area (Å²) in [5, 5.41) is 3.19. The molecule has 1 saturated heterocycles. The van der Waals surface area contributed by atoms with Gasteiger partial charge in [0.2, 0.25) is 5.91 Å². The van der Waals surface area contributed by atoms with E-state index in [1.54, 1.807) is 6.26 Å². The van der Waals surface area contributed by atoms with E-state index in [4.69, 9.17) is 4.42 Å². The van der Waals surface area contributed by atoms with E-state index in [0.717, 1.165) is 55.7 Å². The summed E-state index contributed by atoms with van der Waals surface area (Å²) < 4.78 is 5.62. The molecular weight excluding hydrogens is 344 g/mol. The average molecular weight is 369 g/mol. The van der Waals surface area contributed by atoms with E-state index in [2.05, 4.69) is 34.5 Å². The molecule has 1 fully saturated rings. The Balaban J connectivity index is 1.30. The molecule has 2 aromatic heterocycles. The Bertz CT molecular complexity index is 877. The molecule has 1 aliphatic heterocycles. The zero-order chi connectivity index (χ0) is 17.9. The molecule has 4 rings (SSSR count). The molecule has 0 radical (unpaired) electrons. The molecule has 0 saturated carbocycles. The molecule has 26 heavy (non-hydrogen) atoms. The predicted molar refractivity (Wildman–Crippen MR) is 106 cm³/mol. The normalized spacial score (nSPS) is 15.7. The summed E-state index contributed by atoms with van der Waals surface area (Å²) in [5.74, 6) is 0.200. The summed E-state index contributed by atoms with van der Waals surface area (Å²) in [5.41, 5.74) is 3.03. The lowest BCUT2D eigenvalue weighted by Gasteiger charge is -2.34. The second kappa shape index (κ2) is 7.64. The van der Waals surface area contributed by atoms with Gasteiger partial charge in [0, 0.05) is 48.6 Å². The minimum Gasteiger partial charge on any atom is -0.464 e. The highest BCUT2D eigenvalue weighted by atomic mass is 32.1. The summed E-state index contributed by atoms with van der Waals surface area (Å²) >= 11 is 1.82. The summed E-state index contributed by atoms with van der Waals surface area (Å²) in [6.07, 6.45) is 3.26. The van der Waals surface area contributed by atoms with Gasteiger partial charge >= 0.3 is 0 Å². The lowest BCUT2D eigenvalue weighted by Crippen LogP contribution is -2.49. The molecule has 136 valence electrons. The van der Waals surface area contributed by atoms with Gasteiger partial charge in [-0.15, -0.1) is 11.3 Å². The number of nitrogens with zero attached hydrogens (tertiary/aromatic N) is 2. The van der Waals surface area contributed by atoms with Gasteiger partial charge in [-0.3, -0.25) is 9.69 Å². The van der Waals surface area contributed by atoms with Crippen molar-refractivity contribution in [3.63, 3.8) is 0 Å². The zero-order valence-electron chi connectivity index (χ0n) is 15.1. The van der Waals surface area contributed by atoms with Crippen molar-refractivity contribution in [2.75, 3.05) is 32.7 Å². The van der Waals surface area contributed by atoms with E-state index in [1.807, 2.05) is 29.2 Å². The Kier molecular flexibility index (Phi) is 5.09. The summed E-state index contributed by atoms with van der Waals surface area (Å²) in [4.78, 5) is 18.6. The fourth-order valence-corrected chi connectivity index (χ4v) is 4.24. The van der Waals surface area contributed by atoms with Crippen molar-refractivity contribution in [3.8, 4) is 0 Å². The van der Waals surface area contributed by atoms with Crippen molar-refractivity contribution in [2.45, 2.75) is 19.8 Å². The maximum Gasteiger partial charge on any atom is 0.227 e. The van der Waals surface area contributed by atoms with Crippen LogP contribution in [-0.4, -0.2) is 48.4 Å². The van der Waals surface area contributed by atoms with Crippen molar-refractivity contribution in [1.29, 1.82) is 0 Å². The molecule has 0 bridgehead atoms. The first-order chi connectivity index (χ1) is 12.7. The zero-order valence-corrected chi connectivity index (χ0v) is 15.9. The van der Waals surface area contributed by atoms with Crippen LogP contribution in [0.15, 0.2) is 46.4 Å². The van der Waals surface area contributed by atoms with Crippen LogP contribution in [0.2, 0.25) is 0 Å². The second-order valence-corrected chi connectivity index (χ2v) is 8.02. The maximum absolute atomic E-state index is 12.7. The lowest BCUT2D eigenvalue weighted by atomic mass is 10.1. The van der Waals surface area contributed by atoms with Gasteiger partial charge in [0.25, 0.3) is 0 Å². The molecule has 0 unspecified atom stereocenters. The van der Waals surface area contributed by atoms with Crippen LogP contribution < -0.4 is 0 Å². The summed E-state index contributed by atoms with van der Waals surface area (Å²) in [6.45, 7) is 6.68. The molecule has 1 aromatic carbocycles. The van der Waals surface area contributed by atoms with Crippen molar-refractivity contribution < 1.29 is 9.21 Å². The van der Waals surface area contributed by atoms with Gasteiger partial charge in [-0.25, -0.2) is 0 Å². The maximum atomic E-state index is 12.7. The molecule has 5 heteroatoms. The summed E-state index contributed by atoms with van der Waals surface area (Å²) in [6, 6.07) is 10.5. The molecule has 0 spiro atoms. The van der Waals surface area contributed by atoms with Crippen molar-refractivity contribution in [3.05, 3.63) is 58.0 Å². The lowest BCUT2D eigenvalue weighted by molar-refractivity contribution is -0.132. The predicted octanol–water partition coefficient (Wildman–Crippen LogP) is 3.73. The molecule has 3 heterocycles. The number of amides is 1. The van der Waals surface area contributed by atoms with Crippen molar-refractivity contribution in [1.82, 2.24) is 9.80 Å². The number of carbonyl (C=O) groups is 1. The number of thiophene rings is 1. The monoisotopic (exact) mass is 368 g/mol. The van der Waals surface area contributed by atoms with Crippen molar-refractivity contribution >= 4 is 28.2 Å². The van der Waals surface area contributed by atoms with Crippen LogP contribution in [0, 0.1) is 6.92 Å². The van der Waals surface area contributed by atoms with Gasteiger partial charge in [-0.05, 0) is 36.4 Å². The van der Waals surface area contributed by atoms with Crippen LogP contribution in [-0.2, 0) is 17.6 Å². The molecular formula is C21H24N2O2S. The van der Waals surface area contributed by atoms with Crippen LogP contribution in [0.1, 0.15) is 16.0 Å². The fourth-order valence-electron chi connectivity index (χ4n) is 3.55. The van der Waals surface area contributed by atoms with Gasteiger partial charge in [-0.2, -0.15) is 0 Å². The largest absolute Gasteiger partial charge is 0.464 e. The average Bonchev–Trinajstić information content (AvgIpc) is 3.30. The minimum atomic E-state index is 0.200. The van der Waals surface area contributed by atoms with Crippen LogP contribution in [0.5, 0.6) is 0 Å². The summed E-state index contributed by atoms with van der Waals surface area (Å²) in [7, 11) is 0. The third kappa shape index (κ3) is 3.84. The number of piperazine rings is 1. The number of benzene rings is 1. The topological polar surface area (TPSA) is 36.7 Å². The third-order valence-electron chi connectivity index (χ3n) is 5.13. The Hall–Kier alpha value is -2.11. The highest BCUT2D eigenvalue weighted by molar-refractivity contribution is 7.09. The molecule has 0 N–H and O–H groups in total. The molecule has 1 amide bonds. The third-order valence-corrected chi connectivity index (χ3v) is 6.07. The Morgan fingerprint density at radius 1 is 1.19 bits per heavy atom. The van der Waals surface area contributed by atoms with Crippen LogP contribution in [0.3, 0.4) is 0 Å². The number of rotatable bonds is 5. The Morgan fingerprint density at radius 3 is 2.81 bits per heavy atom. The molecule has 4 nitrogen and oxygen atoms in total. The van der Waals surface area contributed by atoms with E-state index >= 15 is 0 Å². The number of furan rings is 1. The first-order valence-electron chi connectivity index (χ1n) is 9.18. The van der Waals surface area contributed by atoms with Crippen LogP contribution in [0.4, 0.5) is 0 Å². The molecule has 3 aromatic rings. The highest BCUT2D eigenvalue weighted by Crippen LogP contribution is 2.23.